The van der Waals surface area contributed by atoms with Gasteiger partial charge in [0.1, 0.15) is 5.75 Å². The van der Waals surface area contributed by atoms with E-state index in [9.17, 15) is 9.59 Å². The van der Waals surface area contributed by atoms with Crippen molar-refractivity contribution in [1.82, 2.24) is 15.3 Å². The zero-order valence-corrected chi connectivity index (χ0v) is 18.9. The summed E-state index contributed by atoms with van der Waals surface area (Å²) in [5.41, 5.74) is 9.37. The third-order valence-electron chi connectivity index (χ3n) is 6.54. The second kappa shape index (κ2) is 11.2. The summed E-state index contributed by atoms with van der Waals surface area (Å²) in [6, 6.07) is 7.56. The Balaban J connectivity index is 1.46. The monoisotopic (exact) mass is 431 g/mol. The zero-order chi connectivity index (χ0) is 22.2. The number of hydrogen-bond donors (Lipinski definition) is 2. The molecule has 2 aliphatic rings. The minimum absolute atomic E-state index is 0.0872. The molecule has 8 heteroatoms. The molecule has 1 atom stereocenters. The number of primary amides is 1. The van der Waals surface area contributed by atoms with Gasteiger partial charge in [0.2, 0.25) is 5.91 Å². The Kier molecular flexibility index (Phi) is 8.40. The summed E-state index contributed by atoms with van der Waals surface area (Å²) in [6.45, 7) is 6.06. The van der Waals surface area contributed by atoms with E-state index < -0.39 is 6.03 Å². The number of anilines is 1. The summed E-state index contributed by atoms with van der Waals surface area (Å²) in [5.74, 6) is 1.14. The smallest absolute Gasteiger partial charge is 0.333 e. The van der Waals surface area contributed by atoms with Gasteiger partial charge in [0, 0.05) is 45.2 Å². The molecular formula is C23H37N5O3. The molecule has 8 nitrogen and oxygen atoms in total. The Bertz CT molecular complexity index is 730. The molecule has 1 saturated carbocycles. The number of nitrogens with two attached hydrogens (primary N) is 1. The zero-order valence-electron chi connectivity index (χ0n) is 18.9. The molecule has 31 heavy (non-hydrogen) atoms. The van der Waals surface area contributed by atoms with E-state index in [0.29, 0.717) is 18.9 Å². The van der Waals surface area contributed by atoms with Gasteiger partial charge in [0.05, 0.1) is 12.8 Å². The van der Waals surface area contributed by atoms with E-state index in [4.69, 9.17) is 10.5 Å². The topological polar surface area (TPSA) is 91.1 Å². The minimum Gasteiger partial charge on any atom is -0.495 e. The van der Waals surface area contributed by atoms with E-state index in [1.807, 2.05) is 18.2 Å². The molecule has 0 radical (unpaired) electrons. The molecule has 2 fully saturated rings. The van der Waals surface area contributed by atoms with Crippen LogP contribution in [0.2, 0.25) is 0 Å². The molecule has 1 unspecified atom stereocenters. The standard InChI is InChI=1S/C23H37N5O3/c1-18(16-22(29)25-28(23(24)30)17-19-8-4-3-5-9-19)26-12-14-27(15-13-26)20-10-6-7-11-21(20)31-2/h6-7,10-11,18-19H,3-5,8-9,12-17H2,1-2H3,(H2,24,30)(H,25,29). The fourth-order valence-corrected chi connectivity index (χ4v) is 4.71. The average Bonchev–Trinajstić information content (AvgIpc) is 2.79. The van der Waals surface area contributed by atoms with Crippen LogP contribution in [0.1, 0.15) is 45.4 Å². The Labute approximate surface area is 185 Å². The molecule has 1 aliphatic heterocycles. The van der Waals surface area contributed by atoms with Crippen LogP contribution in [0.3, 0.4) is 0 Å². The number of amides is 3. The number of hydrogen-bond acceptors (Lipinski definition) is 5. The fraction of sp³-hybridized carbons (Fsp3) is 0.652. The third-order valence-corrected chi connectivity index (χ3v) is 6.54. The van der Waals surface area contributed by atoms with Crippen LogP contribution in [-0.2, 0) is 4.79 Å². The number of benzene rings is 1. The number of nitrogens with zero attached hydrogens (tertiary/aromatic N) is 3. The van der Waals surface area contributed by atoms with Crippen molar-refractivity contribution in [3.05, 3.63) is 24.3 Å². The van der Waals surface area contributed by atoms with Gasteiger partial charge in [-0.15, -0.1) is 0 Å². The van der Waals surface area contributed by atoms with Gasteiger partial charge in [-0.2, -0.15) is 0 Å². The fourth-order valence-electron chi connectivity index (χ4n) is 4.71. The van der Waals surface area contributed by atoms with Crippen molar-refractivity contribution in [2.75, 3.05) is 44.7 Å². The van der Waals surface area contributed by atoms with Gasteiger partial charge in [-0.05, 0) is 37.8 Å². The minimum atomic E-state index is -0.586. The van der Waals surface area contributed by atoms with Crippen molar-refractivity contribution in [2.24, 2.45) is 11.7 Å². The largest absolute Gasteiger partial charge is 0.495 e. The van der Waals surface area contributed by atoms with Gasteiger partial charge < -0.3 is 15.4 Å². The van der Waals surface area contributed by atoms with E-state index in [1.165, 1.54) is 24.3 Å². The van der Waals surface area contributed by atoms with Crippen molar-refractivity contribution in [3.63, 3.8) is 0 Å². The first-order chi connectivity index (χ1) is 15.0. The highest BCUT2D eigenvalue weighted by Crippen LogP contribution is 2.28. The first kappa shape index (κ1) is 23.2. The van der Waals surface area contributed by atoms with E-state index in [0.717, 1.165) is 50.5 Å². The number of ether oxygens (including phenoxy) is 1. The molecule has 0 bridgehead atoms. The number of hydrazine groups is 1. The summed E-state index contributed by atoms with van der Waals surface area (Å²) < 4.78 is 5.49. The Morgan fingerprint density at radius 3 is 2.48 bits per heavy atom. The Hall–Kier alpha value is -2.48. The van der Waals surface area contributed by atoms with E-state index in [-0.39, 0.29) is 11.9 Å². The molecular weight excluding hydrogens is 394 g/mol. The van der Waals surface area contributed by atoms with Gasteiger partial charge in [-0.1, -0.05) is 31.4 Å². The van der Waals surface area contributed by atoms with Crippen LogP contribution in [0.15, 0.2) is 24.3 Å². The van der Waals surface area contributed by atoms with Gasteiger partial charge in [0.15, 0.2) is 0 Å². The van der Waals surface area contributed by atoms with E-state index in [2.05, 4.69) is 28.2 Å². The van der Waals surface area contributed by atoms with Crippen molar-refractivity contribution in [3.8, 4) is 5.75 Å². The molecule has 0 spiro atoms. The van der Waals surface area contributed by atoms with Crippen molar-refractivity contribution >= 4 is 17.6 Å². The van der Waals surface area contributed by atoms with Gasteiger partial charge in [-0.25, -0.2) is 9.80 Å². The second-order valence-corrected chi connectivity index (χ2v) is 8.74. The van der Waals surface area contributed by atoms with Crippen molar-refractivity contribution in [2.45, 2.75) is 51.5 Å². The van der Waals surface area contributed by atoms with Crippen LogP contribution < -0.4 is 20.8 Å². The maximum absolute atomic E-state index is 12.6. The summed E-state index contributed by atoms with van der Waals surface area (Å²) in [7, 11) is 1.69. The van der Waals surface area contributed by atoms with Crippen LogP contribution in [0.4, 0.5) is 10.5 Å². The van der Waals surface area contributed by atoms with Crippen LogP contribution in [-0.4, -0.2) is 67.7 Å². The summed E-state index contributed by atoms with van der Waals surface area (Å²) in [5, 5.41) is 1.31. The number of piperazine rings is 1. The molecule has 3 amide bonds. The van der Waals surface area contributed by atoms with E-state index >= 15 is 0 Å². The third kappa shape index (κ3) is 6.50. The summed E-state index contributed by atoms with van der Waals surface area (Å²) in [4.78, 5) is 29.1. The SMILES string of the molecule is COc1ccccc1N1CCN(C(C)CC(=O)NN(CC2CCCCC2)C(N)=O)CC1. The normalized spacial score (nSPS) is 19.0. The number of urea groups is 1. The van der Waals surface area contributed by atoms with Crippen LogP contribution >= 0.6 is 0 Å². The predicted octanol–water partition coefficient (Wildman–Crippen LogP) is 2.59. The number of nitrogens with one attached hydrogen (secondary N) is 1. The number of para-hydroxylation sites is 2. The molecule has 3 rings (SSSR count). The summed E-state index contributed by atoms with van der Waals surface area (Å²) in [6.07, 6.45) is 6.13. The molecule has 3 N–H and O–H groups in total. The van der Waals surface area contributed by atoms with Crippen molar-refractivity contribution in [1.29, 1.82) is 0 Å². The Morgan fingerprint density at radius 1 is 1.16 bits per heavy atom. The first-order valence-electron chi connectivity index (χ1n) is 11.5. The lowest BCUT2D eigenvalue weighted by atomic mass is 9.89. The number of rotatable bonds is 7. The molecule has 172 valence electrons. The number of methoxy groups -OCH3 is 1. The molecule has 0 aromatic heterocycles. The van der Waals surface area contributed by atoms with Gasteiger partial charge in [-0.3, -0.25) is 15.1 Å². The summed E-state index contributed by atoms with van der Waals surface area (Å²) >= 11 is 0. The second-order valence-electron chi connectivity index (χ2n) is 8.74. The molecule has 1 aromatic carbocycles. The lowest BCUT2D eigenvalue weighted by Gasteiger charge is -2.39. The predicted molar refractivity (Wildman–Crippen MR) is 122 cm³/mol. The maximum atomic E-state index is 12.6. The molecule has 1 heterocycles. The van der Waals surface area contributed by atoms with Crippen molar-refractivity contribution < 1.29 is 14.3 Å². The van der Waals surface area contributed by atoms with Crippen LogP contribution in [0, 0.1) is 5.92 Å². The first-order valence-corrected chi connectivity index (χ1v) is 11.5. The molecule has 1 aromatic rings. The highest BCUT2D eigenvalue weighted by atomic mass is 16.5. The molecule has 1 saturated heterocycles. The van der Waals surface area contributed by atoms with Crippen LogP contribution in [0.5, 0.6) is 5.75 Å². The van der Waals surface area contributed by atoms with E-state index in [1.54, 1.807) is 7.11 Å². The lowest BCUT2D eigenvalue weighted by Crippen LogP contribution is -2.53. The van der Waals surface area contributed by atoms with Gasteiger partial charge >= 0.3 is 6.03 Å². The van der Waals surface area contributed by atoms with Gasteiger partial charge in [0.25, 0.3) is 0 Å². The Morgan fingerprint density at radius 2 is 1.84 bits per heavy atom. The maximum Gasteiger partial charge on any atom is 0.333 e. The van der Waals surface area contributed by atoms with Crippen LogP contribution in [0.25, 0.3) is 0 Å². The lowest BCUT2D eigenvalue weighted by molar-refractivity contribution is -0.126. The average molecular weight is 432 g/mol. The number of carbonyl (C=O) groups excluding carboxylic acids is 2. The highest BCUT2D eigenvalue weighted by Gasteiger charge is 2.26. The number of carbonyl (C=O) groups is 2. The molecule has 1 aliphatic carbocycles. The quantitative estimate of drug-likeness (QED) is 0.648. The highest BCUT2D eigenvalue weighted by molar-refractivity contribution is 5.80.